The summed E-state index contributed by atoms with van der Waals surface area (Å²) >= 11 is 0. The first-order valence-electron chi connectivity index (χ1n) is 8.40. The van der Waals surface area contributed by atoms with Gasteiger partial charge in [-0.15, -0.1) is 13.2 Å². The lowest BCUT2D eigenvalue weighted by atomic mass is 10.1. The summed E-state index contributed by atoms with van der Waals surface area (Å²) in [5.41, 5.74) is -1.00. The van der Waals surface area contributed by atoms with E-state index >= 15 is 0 Å². The Morgan fingerprint density at radius 2 is 1.77 bits per heavy atom. The van der Waals surface area contributed by atoms with Crippen molar-refractivity contribution in [2.24, 2.45) is 0 Å². The molecular weight excluding hydrogens is 422 g/mol. The van der Waals surface area contributed by atoms with Gasteiger partial charge < -0.3 is 20.0 Å². The maximum atomic E-state index is 14.8. The molecule has 3 rings (SSSR count). The van der Waals surface area contributed by atoms with Crippen LogP contribution in [0.4, 0.5) is 28.9 Å². The van der Waals surface area contributed by atoms with Gasteiger partial charge in [-0.2, -0.15) is 4.73 Å². The number of benzene rings is 2. The summed E-state index contributed by atoms with van der Waals surface area (Å²) in [7, 11) is 0. The van der Waals surface area contributed by atoms with E-state index in [-0.39, 0.29) is 17.2 Å². The smallest absolute Gasteiger partial charge is 0.573 e. The van der Waals surface area contributed by atoms with E-state index in [0.717, 1.165) is 36.5 Å². The first-order valence-corrected chi connectivity index (χ1v) is 8.40. The molecule has 1 aromatic heterocycles. The second kappa shape index (κ2) is 8.58. The van der Waals surface area contributed by atoms with Crippen LogP contribution >= 0.6 is 0 Å². The molecule has 0 aliphatic carbocycles. The Hall–Kier alpha value is -4.33. The largest absolute Gasteiger partial charge is 0.619 e. The first kappa shape index (κ1) is 21.4. The van der Waals surface area contributed by atoms with Gasteiger partial charge >= 0.3 is 6.36 Å². The third kappa shape index (κ3) is 5.39. The van der Waals surface area contributed by atoms with Crippen LogP contribution in [0.25, 0.3) is 4.85 Å². The molecule has 0 saturated heterocycles. The molecule has 0 spiro atoms. The zero-order chi connectivity index (χ0) is 22.6. The lowest BCUT2D eigenvalue weighted by molar-refractivity contribution is -0.604. The maximum Gasteiger partial charge on any atom is 0.573 e. The number of halogens is 4. The van der Waals surface area contributed by atoms with Gasteiger partial charge in [-0.05, 0) is 42.5 Å². The van der Waals surface area contributed by atoms with Crippen molar-refractivity contribution in [3.05, 3.63) is 88.9 Å². The predicted octanol–water partition coefficient (Wildman–Crippen LogP) is 4.95. The van der Waals surface area contributed by atoms with Crippen LogP contribution in [0.1, 0.15) is 10.4 Å². The third-order valence-corrected chi connectivity index (χ3v) is 3.75. The molecule has 158 valence electrons. The topological polar surface area (TPSA) is 78.9 Å². The van der Waals surface area contributed by atoms with E-state index in [4.69, 9.17) is 11.3 Å². The number of ether oxygens (including phenoxy) is 2. The van der Waals surface area contributed by atoms with E-state index in [1.807, 2.05) is 0 Å². The van der Waals surface area contributed by atoms with Gasteiger partial charge in [-0.25, -0.2) is 9.24 Å². The fraction of sp³-hybridized carbons (Fsp3) is 0.0500. The molecule has 3 aromatic rings. The summed E-state index contributed by atoms with van der Waals surface area (Å²) in [4.78, 5) is 15.6. The number of amides is 1. The minimum atomic E-state index is -4.87. The lowest BCUT2D eigenvalue weighted by Gasteiger charge is -2.14. The first-order chi connectivity index (χ1) is 14.7. The van der Waals surface area contributed by atoms with Crippen molar-refractivity contribution in [3.63, 3.8) is 0 Å². The van der Waals surface area contributed by atoms with Gasteiger partial charge in [0.1, 0.15) is 34.3 Å². The summed E-state index contributed by atoms with van der Waals surface area (Å²) < 4.78 is 61.2. The molecule has 2 aromatic carbocycles. The van der Waals surface area contributed by atoms with Crippen LogP contribution in [-0.2, 0) is 0 Å². The second-order valence-electron chi connectivity index (χ2n) is 5.91. The number of hydrogen-bond donors (Lipinski definition) is 1. The average Bonchev–Trinajstić information content (AvgIpc) is 2.68. The number of carbonyl (C=O) groups excluding carboxylic acids is 1. The summed E-state index contributed by atoms with van der Waals surface area (Å²) in [5.74, 6) is -2.97. The molecule has 0 radical (unpaired) electrons. The number of nitrogens with zero attached hydrogens (tertiary/aromatic N) is 2. The number of anilines is 1. The summed E-state index contributed by atoms with van der Waals surface area (Å²) in [6.45, 7) is 7.02. The SMILES string of the molecule is [C-]#[N+]c1ccc(Oc2ccc(OC(F)(F)F)cc2)c(C(=O)Nc2ccc[n+]([O-])c2)c1F. The Morgan fingerprint density at radius 1 is 1.10 bits per heavy atom. The zero-order valence-electron chi connectivity index (χ0n) is 15.3. The van der Waals surface area contributed by atoms with Crippen molar-refractivity contribution in [3.8, 4) is 17.2 Å². The standard InChI is InChI=1S/C20H11F4N3O4/c1-25-15-8-9-16(30-13-4-6-14(7-5-13)31-20(22,23)24)17(18(15)21)19(28)26-12-3-2-10-27(29)11-12/h2-11H,(H,26,28). The molecule has 0 bridgehead atoms. The maximum absolute atomic E-state index is 14.8. The number of hydrogen-bond acceptors (Lipinski definition) is 4. The van der Waals surface area contributed by atoms with Gasteiger partial charge in [0.05, 0.1) is 6.57 Å². The number of carbonyl (C=O) groups is 1. The van der Waals surface area contributed by atoms with Crippen molar-refractivity contribution in [2.75, 3.05) is 5.32 Å². The molecule has 7 nitrogen and oxygen atoms in total. The molecule has 1 N–H and O–H groups in total. The molecule has 11 heteroatoms. The van der Waals surface area contributed by atoms with E-state index < -0.39 is 35.1 Å². The van der Waals surface area contributed by atoms with Crippen LogP contribution in [0.3, 0.4) is 0 Å². The Labute approximate surface area is 172 Å². The van der Waals surface area contributed by atoms with Gasteiger partial charge in [-0.1, -0.05) is 0 Å². The Balaban J connectivity index is 1.91. The highest BCUT2D eigenvalue weighted by Gasteiger charge is 2.31. The zero-order valence-corrected chi connectivity index (χ0v) is 15.3. The molecule has 1 amide bonds. The normalized spacial score (nSPS) is 10.8. The summed E-state index contributed by atoms with van der Waals surface area (Å²) in [5, 5.41) is 13.7. The average molecular weight is 433 g/mol. The van der Waals surface area contributed by atoms with Crippen LogP contribution in [0.5, 0.6) is 17.2 Å². The van der Waals surface area contributed by atoms with Crippen LogP contribution in [0.2, 0.25) is 0 Å². The highest BCUT2D eigenvalue weighted by Crippen LogP contribution is 2.34. The Kier molecular flexibility index (Phi) is 5.92. The summed E-state index contributed by atoms with van der Waals surface area (Å²) in [6, 6.07) is 9.21. The Morgan fingerprint density at radius 3 is 2.39 bits per heavy atom. The fourth-order valence-electron chi connectivity index (χ4n) is 2.49. The number of pyridine rings is 1. The van der Waals surface area contributed by atoms with Gasteiger partial charge in [0.2, 0.25) is 11.9 Å². The predicted molar refractivity (Wildman–Crippen MR) is 99.2 cm³/mol. The van der Waals surface area contributed by atoms with Gasteiger partial charge in [0, 0.05) is 6.07 Å². The molecule has 0 fully saturated rings. The molecular formula is C20H11F4N3O4. The Bertz CT molecular complexity index is 1160. The lowest BCUT2D eigenvalue weighted by Crippen LogP contribution is -2.25. The van der Waals surface area contributed by atoms with E-state index in [9.17, 15) is 27.6 Å². The monoisotopic (exact) mass is 433 g/mol. The van der Waals surface area contributed by atoms with Crippen molar-refractivity contribution < 1.29 is 36.6 Å². The third-order valence-electron chi connectivity index (χ3n) is 3.75. The molecule has 0 atom stereocenters. The van der Waals surface area contributed by atoms with E-state index in [1.165, 1.54) is 24.4 Å². The van der Waals surface area contributed by atoms with E-state index in [0.29, 0.717) is 4.73 Å². The van der Waals surface area contributed by atoms with Gasteiger partial charge in [-0.3, -0.25) is 4.79 Å². The number of rotatable bonds is 5. The van der Waals surface area contributed by atoms with Crippen LogP contribution < -0.4 is 19.5 Å². The second-order valence-corrected chi connectivity index (χ2v) is 5.91. The van der Waals surface area contributed by atoms with Crippen molar-refractivity contribution >= 4 is 17.3 Å². The molecule has 31 heavy (non-hydrogen) atoms. The minimum absolute atomic E-state index is 0.0179. The van der Waals surface area contributed by atoms with Crippen molar-refractivity contribution in [1.29, 1.82) is 0 Å². The van der Waals surface area contributed by atoms with Crippen LogP contribution in [-0.4, -0.2) is 12.3 Å². The molecule has 0 unspecified atom stereocenters. The van der Waals surface area contributed by atoms with Crippen LogP contribution in [0, 0.1) is 17.6 Å². The van der Waals surface area contributed by atoms with Crippen molar-refractivity contribution in [1.82, 2.24) is 0 Å². The molecule has 0 aliphatic rings. The highest BCUT2D eigenvalue weighted by atomic mass is 19.4. The summed E-state index contributed by atoms with van der Waals surface area (Å²) in [6.07, 6.45) is -2.66. The van der Waals surface area contributed by atoms with Crippen molar-refractivity contribution in [2.45, 2.75) is 6.36 Å². The van der Waals surface area contributed by atoms with Gasteiger partial charge in [0.25, 0.3) is 5.91 Å². The molecule has 0 saturated carbocycles. The highest BCUT2D eigenvalue weighted by molar-refractivity contribution is 6.07. The van der Waals surface area contributed by atoms with Gasteiger partial charge in [0.15, 0.2) is 6.20 Å². The number of nitrogens with one attached hydrogen (secondary N) is 1. The molecule has 1 heterocycles. The minimum Gasteiger partial charge on any atom is -0.619 e. The molecule has 0 aliphatic heterocycles. The van der Waals surface area contributed by atoms with E-state index in [1.54, 1.807) is 0 Å². The fourth-order valence-corrected chi connectivity index (χ4v) is 2.49. The van der Waals surface area contributed by atoms with Crippen LogP contribution in [0.15, 0.2) is 60.9 Å². The quantitative estimate of drug-likeness (QED) is 0.267. The van der Waals surface area contributed by atoms with E-state index in [2.05, 4.69) is 14.9 Å². The number of alkyl halides is 3. The number of aromatic nitrogens is 1.